The summed E-state index contributed by atoms with van der Waals surface area (Å²) in [7, 11) is 0. The zero-order valence-corrected chi connectivity index (χ0v) is 11.8. The van der Waals surface area contributed by atoms with E-state index in [-0.39, 0.29) is 17.9 Å². The largest absolute Gasteiger partial charge is 0.310 e. The number of hydrazine groups is 1. The molecular formula is C16H18N4O. The van der Waals surface area contributed by atoms with Gasteiger partial charge in [-0.05, 0) is 24.1 Å². The maximum absolute atomic E-state index is 12.5. The molecule has 0 aliphatic carbocycles. The molecule has 1 fully saturated rings. The molecule has 2 heterocycles. The first-order chi connectivity index (χ1) is 10.2. The summed E-state index contributed by atoms with van der Waals surface area (Å²) in [4.78, 5) is 16.7. The summed E-state index contributed by atoms with van der Waals surface area (Å²) in [6, 6.07) is 13.7. The highest BCUT2D eigenvalue weighted by Crippen LogP contribution is 2.25. The minimum absolute atomic E-state index is 0.0299. The van der Waals surface area contributed by atoms with Crippen molar-refractivity contribution in [2.24, 2.45) is 5.92 Å². The Hall–Kier alpha value is -2.24. The Morgan fingerprint density at radius 1 is 1.24 bits per heavy atom. The molecule has 0 spiro atoms. The third-order valence-corrected chi connectivity index (χ3v) is 3.64. The zero-order valence-electron chi connectivity index (χ0n) is 11.8. The van der Waals surface area contributed by atoms with Gasteiger partial charge in [0.1, 0.15) is 5.82 Å². The van der Waals surface area contributed by atoms with Gasteiger partial charge >= 0.3 is 0 Å². The van der Waals surface area contributed by atoms with Crippen molar-refractivity contribution in [3.8, 4) is 0 Å². The summed E-state index contributed by atoms with van der Waals surface area (Å²) in [6.07, 6.45) is 1.75. The number of nitrogens with zero attached hydrogens (tertiary/aromatic N) is 1. The lowest BCUT2D eigenvalue weighted by atomic mass is 9.94. The molecule has 1 amide bonds. The lowest BCUT2D eigenvalue weighted by Crippen LogP contribution is -2.29. The van der Waals surface area contributed by atoms with Gasteiger partial charge in [-0.15, -0.1) is 0 Å². The van der Waals surface area contributed by atoms with E-state index in [1.165, 1.54) is 0 Å². The number of aromatic nitrogens is 1. The minimum Gasteiger partial charge on any atom is -0.310 e. The molecule has 2 unspecified atom stereocenters. The average molecular weight is 282 g/mol. The van der Waals surface area contributed by atoms with E-state index in [0.29, 0.717) is 12.4 Å². The first kappa shape index (κ1) is 13.7. The number of hydrogen-bond acceptors (Lipinski definition) is 4. The van der Waals surface area contributed by atoms with Gasteiger partial charge in [-0.2, -0.15) is 0 Å². The third-order valence-electron chi connectivity index (χ3n) is 3.64. The van der Waals surface area contributed by atoms with Crippen LogP contribution in [0.15, 0.2) is 48.7 Å². The molecular weight excluding hydrogens is 264 g/mol. The molecule has 1 aliphatic heterocycles. The van der Waals surface area contributed by atoms with E-state index in [4.69, 9.17) is 0 Å². The van der Waals surface area contributed by atoms with Gasteiger partial charge in [-0.3, -0.25) is 10.2 Å². The first-order valence-electron chi connectivity index (χ1n) is 7.01. The van der Waals surface area contributed by atoms with Crippen LogP contribution in [0.1, 0.15) is 17.2 Å². The van der Waals surface area contributed by atoms with Crippen molar-refractivity contribution >= 4 is 11.7 Å². The lowest BCUT2D eigenvalue weighted by Gasteiger charge is -2.18. The van der Waals surface area contributed by atoms with Crippen molar-refractivity contribution in [2.45, 2.75) is 13.0 Å². The number of amides is 1. The van der Waals surface area contributed by atoms with E-state index >= 15 is 0 Å². The van der Waals surface area contributed by atoms with Crippen molar-refractivity contribution < 1.29 is 4.79 Å². The van der Waals surface area contributed by atoms with Crippen LogP contribution in [-0.4, -0.2) is 17.4 Å². The maximum atomic E-state index is 12.5. The third kappa shape index (κ3) is 3.09. The normalized spacial score (nSPS) is 21.2. The predicted octanol–water partition coefficient (Wildman–Crippen LogP) is 1.79. The summed E-state index contributed by atoms with van der Waals surface area (Å²) in [5.74, 6) is 0.387. The number of nitrogens with one attached hydrogen (secondary N) is 3. The van der Waals surface area contributed by atoms with Crippen LogP contribution in [0.3, 0.4) is 0 Å². The van der Waals surface area contributed by atoms with E-state index in [1.54, 1.807) is 6.20 Å². The molecule has 0 saturated carbocycles. The number of pyridine rings is 1. The minimum atomic E-state index is -0.171. The van der Waals surface area contributed by atoms with E-state index in [2.05, 4.69) is 21.2 Å². The molecule has 0 bridgehead atoms. The SMILES string of the molecule is Cc1ccc(NC(=O)C2CNNC2c2ccccc2)nc1. The maximum Gasteiger partial charge on any atom is 0.231 e. The molecule has 3 rings (SSSR count). The highest BCUT2D eigenvalue weighted by atomic mass is 16.2. The number of benzene rings is 1. The van der Waals surface area contributed by atoms with Gasteiger partial charge in [-0.25, -0.2) is 10.4 Å². The Morgan fingerprint density at radius 2 is 2.05 bits per heavy atom. The first-order valence-corrected chi connectivity index (χ1v) is 7.01. The summed E-state index contributed by atoms with van der Waals surface area (Å²) in [6.45, 7) is 2.56. The summed E-state index contributed by atoms with van der Waals surface area (Å²) >= 11 is 0. The lowest BCUT2D eigenvalue weighted by molar-refractivity contribution is -0.119. The smallest absolute Gasteiger partial charge is 0.231 e. The molecule has 2 atom stereocenters. The second-order valence-electron chi connectivity index (χ2n) is 5.23. The molecule has 5 heteroatoms. The standard InChI is InChI=1S/C16H18N4O/c1-11-7-8-14(17-9-11)19-16(21)13-10-18-20-15(13)12-5-3-2-4-6-12/h2-9,13,15,18,20H,10H2,1H3,(H,17,19,21). The molecule has 3 N–H and O–H groups in total. The van der Waals surface area contributed by atoms with E-state index < -0.39 is 0 Å². The second kappa shape index (κ2) is 6.03. The predicted molar refractivity (Wildman–Crippen MR) is 81.4 cm³/mol. The molecule has 0 radical (unpaired) electrons. The average Bonchev–Trinajstić information content (AvgIpc) is 3.00. The quantitative estimate of drug-likeness (QED) is 0.803. The Morgan fingerprint density at radius 3 is 2.76 bits per heavy atom. The number of anilines is 1. The van der Waals surface area contributed by atoms with E-state index in [0.717, 1.165) is 11.1 Å². The molecule has 5 nitrogen and oxygen atoms in total. The fourth-order valence-corrected chi connectivity index (χ4v) is 2.48. The van der Waals surface area contributed by atoms with E-state index in [9.17, 15) is 4.79 Å². The highest BCUT2D eigenvalue weighted by Gasteiger charge is 2.33. The van der Waals surface area contributed by atoms with Crippen molar-refractivity contribution in [3.05, 3.63) is 59.8 Å². The zero-order chi connectivity index (χ0) is 14.7. The molecule has 1 aromatic carbocycles. The van der Waals surface area contributed by atoms with Gasteiger partial charge in [0.15, 0.2) is 0 Å². The highest BCUT2D eigenvalue weighted by molar-refractivity contribution is 5.92. The number of aryl methyl sites for hydroxylation is 1. The van der Waals surface area contributed by atoms with Gasteiger partial charge in [0.25, 0.3) is 0 Å². The fraction of sp³-hybridized carbons (Fsp3) is 0.250. The van der Waals surface area contributed by atoms with Gasteiger partial charge in [0.2, 0.25) is 5.91 Å². The molecule has 21 heavy (non-hydrogen) atoms. The van der Waals surface area contributed by atoms with Crippen LogP contribution in [0.5, 0.6) is 0 Å². The Balaban J connectivity index is 1.73. The summed E-state index contributed by atoms with van der Waals surface area (Å²) < 4.78 is 0. The number of carbonyl (C=O) groups excluding carboxylic acids is 1. The van der Waals surface area contributed by atoms with Crippen molar-refractivity contribution in [1.29, 1.82) is 0 Å². The van der Waals surface area contributed by atoms with Gasteiger partial charge in [0.05, 0.1) is 12.0 Å². The monoisotopic (exact) mass is 282 g/mol. The van der Waals surface area contributed by atoms with Crippen molar-refractivity contribution in [3.63, 3.8) is 0 Å². The topological polar surface area (TPSA) is 66.1 Å². The summed E-state index contributed by atoms with van der Waals surface area (Å²) in [5.41, 5.74) is 8.40. The Bertz CT molecular complexity index is 612. The van der Waals surface area contributed by atoms with Crippen LogP contribution in [0.25, 0.3) is 0 Å². The fourth-order valence-electron chi connectivity index (χ4n) is 2.48. The van der Waals surface area contributed by atoms with Crippen LogP contribution < -0.4 is 16.2 Å². The van der Waals surface area contributed by atoms with Crippen LogP contribution in [0.4, 0.5) is 5.82 Å². The van der Waals surface area contributed by atoms with Crippen LogP contribution in [0.2, 0.25) is 0 Å². The van der Waals surface area contributed by atoms with Crippen molar-refractivity contribution in [2.75, 3.05) is 11.9 Å². The molecule has 1 aliphatic rings. The number of hydrogen-bond donors (Lipinski definition) is 3. The van der Waals surface area contributed by atoms with Gasteiger partial charge < -0.3 is 5.32 Å². The van der Waals surface area contributed by atoms with E-state index in [1.807, 2.05) is 49.4 Å². The molecule has 108 valence electrons. The van der Waals surface area contributed by atoms with Crippen LogP contribution in [-0.2, 0) is 4.79 Å². The summed E-state index contributed by atoms with van der Waals surface area (Å²) in [5, 5.41) is 2.88. The molecule has 1 aromatic heterocycles. The van der Waals surface area contributed by atoms with Crippen molar-refractivity contribution in [1.82, 2.24) is 15.8 Å². The Kier molecular flexibility index (Phi) is 3.94. The molecule has 2 aromatic rings. The second-order valence-corrected chi connectivity index (χ2v) is 5.23. The van der Waals surface area contributed by atoms with Crippen LogP contribution in [0, 0.1) is 12.8 Å². The van der Waals surface area contributed by atoms with Gasteiger partial charge in [-0.1, -0.05) is 36.4 Å². The number of carbonyl (C=O) groups is 1. The van der Waals surface area contributed by atoms with Crippen LogP contribution >= 0.6 is 0 Å². The Labute approximate surface area is 123 Å². The molecule has 1 saturated heterocycles. The number of rotatable bonds is 3. The van der Waals surface area contributed by atoms with Gasteiger partial charge in [0, 0.05) is 12.7 Å².